The second-order valence-electron chi connectivity index (χ2n) is 6.56. The van der Waals surface area contributed by atoms with E-state index in [2.05, 4.69) is 33.8 Å². The predicted molar refractivity (Wildman–Crippen MR) is 69.5 cm³/mol. The van der Waals surface area contributed by atoms with Crippen LogP contribution in [-0.4, -0.2) is 21.9 Å². The minimum absolute atomic E-state index is 0.134. The molecule has 2 aliphatic rings. The van der Waals surface area contributed by atoms with Crippen molar-refractivity contribution in [3.05, 3.63) is 11.6 Å². The van der Waals surface area contributed by atoms with Crippen molar-refractivity contribution < 1.29 is 10.2 Å². The van der Waals surface area contributed by atoms with Crippen LogP contribution in [0.1, 0.15) is 47.0 Å². The summed E-state index contributed by atoms with van der Waals surface area (Å²) in [5, 5.41) is 21.3. The van der Waals surface area contributed by atoms with E-state index in [0.717, 1.165) is 19.3 Å². The largest absolute Gasteiger partial charge is 0.393 e. The van der Waals surface area contributed by atoms with Crippen molar-refractivity contribution in [2.24, 2.45) is 23.7 Å². The van der Waals surface area contributed by atoms with E-state index in [9.17, 15) is 10.2 Å². The highest BCUT2D eigenvalue weighted by Gasteiger charge is 2.52. The third kappa shape index (κ3) is 2.06. The maximum absolute atomic E-state index is 11.0. The van der Waals surface area contributed by atoms with Crippen molar-refractivity contribution in [1.82, 2.24) is 0 Å². The molecule has 0 aromatic rings. The van der Waals surface area contributed by atoms with Crippen LogP contribution in [0.3, 0.4) is 0 Å². The number of aliphatic hydroxyl groups is 2. The predicted octanol–water partition coefficient (Wildman–Crippen LogP) is 2.75. The second-order valence-corrected chi connectivity index (χ2v) is 6.56. The van der Waals surface area contributed by atoms with Gasteiger partial charge in [-0.3, -0.25) is 0 Å². The van der Waals surface area contributed by atoms with E-state index in [1.807, 2.05) is 0 Å². The van der Waals surface area contributed by atoms with Gasteiger partial charge in [0.2, 0.25) is 0 Å². The molecule has 2 heteroatoms. The first-order valence-corrected chi connectivity index (χ1v) is 6.94. The lowest BCUT2D eigenvalue weighted by atomic mass is 9.56. The SMILES string of the molecule is CC1=C[C@H]2[C@H](C(C)C)[C@@H](O)C[C@@H](C)[C@@]2(O)CC1. The zero-order chi connectivity index (χ0) is 12.8. The fraction of sp³-hybridized carbons (Fsp3) is 0.867. The van der Waals surface area contributed by atoms with Gasteiger partial charge in [-0.2, -0.15) is 0 Å². The van der Waals surface area contributed by atoms with Crippen molar-refractivity contribution in [2.45, 2.75) is 58.7 Å². The van der Waals surface area contributed by atoms with Crippen LogP contribution in [-0.2, 0) is 0 Å². The van der Waals surface area contributed by atoms with Gasteiger partial charge >= 0.3 is 0 Å². The van der Waals surface area contributed by atoms with Gasteiger partial charge in [0.05, 0.1) is 11.7 Å². The summed E-state index contributed by atoms with van der Waals surface area (Å²) in [4.78, 5) is 0. The van der Waals surface area contributed by atoms with Crippen molar-refractivity contribution in [2.75, 3.05) is 0 Å². The molecule has 0 bridgehead atoms. The molecule has 0 radical (unpaired) electrons. The first-order chi connectivity index (χ1) is 7.86. The lowest BCUT2D eigenvalue weighted by molar-refractivity contribution is -0.150. The normalized spacial score (nSPS) is 46.6. The van der Waals surface area contributed by atoms with E-state index in [1.54, 1.807) is 0 Å². The Morgan fingerprint density at radius 3 is 2.65 bits per heavy atom. The average Bonchev–Trinajstić information content (AvgIpc) is 2.21. The summed E-state index contributed by atoms with van der Waals surface area (Å²) >= 11 is 0. The van der Waals surface area contributed by atoms with E-state index >= 15 is 0 Å². The maximum atomic E-state index is 11.0. The highest BCUT2D eigenvalue weighted by Crippen LogP contribution is 2.50. The standard InChI is InChI=1S/C15H26O2/c1-9(2)14-12-7-10(3)5-6-15(12,17)11(4)8-13(14)16/h7,9,11-14,16-17H,5-6,8H2,1-4H3/t11-,12+,13+,14+,15+/m1/s1. The molecular weight excluding hydrogens is 212 g/mol. The van der Waals surface area contributed by atoms with Crippen molar-refractivity contribution >= 4 is 0 Å². The third-order valence-electron chi connectivity index (χ3n) is 5.04. The molecule has 0 aromatic heterocycles. The van der Waals surface area contributed by atoms with Gasteiger partial charge < -0.3 is 10.2 Å². The molecule has 0 unspecified atom stereocenters. The molecular formula is C15H26O2. The Morgan fingerprint density at radius 1 is 1.41 bits per heavy atom. The lowest BCUT2D eigenvalue weighted by Gasteiger charge is -2.53. The number of fused-ring (bicyclic) bond motifs is 1. The molecule has 0 aromatic carbocycles. The van der Waals surface area contributed by atoms with Crippen LogP contribution in [0.2, 0.25) is 0 Å². The van der Waals surface area contributed by atoms with Crippen molar-refractivity contribution in [3.8, 4) is 0 Å². The highest BCUT2D eigenvalue weighted by molar-refractivity contribution is 5.18. The van der Waals surface area contributed by atoms with E-state index in [0.29, 0.717) is 5.92 Å². The molecule has 0 amide bonds. The number of hydrogen-bond acceptors (Lipinski definition) is 2. The van der Waals surface area contributed by atoms with Crippen LogP contribution in [0.25, 0.3) is 0 Å². The summed E-state index contributed by atoms with van der Waals surface area (Å²) in [5.74, 6) is 0.944. The Hall–Kier alpha value is -0.340. The minimum atomic E-state index is -0.590. The number of allylic oxidation sites excluding steroid dienone is 1. The van der Waals surface area contributed by atoms with Gasteiger partial charge in [-0.1, -0.05) is 32.4 Å². The fourth-order valence-electron chi connectivity index (χ4n) is 3.94. The van der Waals surface area contributed by atoms with Gasteiger partial charge in [0.25, 0.3) is 0 Å². The van der Waals surface area contributed by atoms with E-state index < -0.39 is 5.60 Å². The Morgan fingerprint density at radius 2 is 2.06 bits per heavy atom. The maximum Gasteiger partial charge on any atom is 0.0743 e. The smallest absolute Gasteiger partial charge is 0.0743 e. The van der Waals surface area contributed by atoms with Gasteiger partial charge in [0.15, 0.2) is 0 Å². The van der Waals surface area contributed by atoms with Gasteiger partial charge in [-0.05, 0) is 43.9 Å². The summed E-state index contributed by atoms with van der Waals surface area (Å²) in [6.45, 7) is 8.54. The summed E-state index contributed by atoms with van der Waals surface area (Å²) in [5.41, 5.74) is 0.778. The second kappa shape index (κ2) is 4.40. The molecule has 0 spiro atoms. The van der Waals surface area contributed by atoms with Crippen LogP contribution in [0, 0.1) is 23.7 Å². The Bertz CT molecular complexity index is 321. The van der Waals surface area contributed by atoms with Gasteiger partial charge in [-0.15, -0.1) is 0 Å². The highest BCUT2D eigenvalue weighted by atomic mass is 16.3. The first kappa shape index (κ1) is 13.1. The topological polar surface area (TPSA) is 40.5 Å². The van der Waals surface area contributed by atoms with Crippen molar-refractivity contribution in [3.63, 3.8) is 0 Å². The molecule has 0 aliphatic heterocycles. The molecule has 17 heavy (non-hydrogen) atoms. The summed E-state index contributed by atoms with van der Waals surface area (Å²) in [7, 11) is 0. The zero-order valence-electron chi connectivity index (χ0n) is 11.5. The van der Waals surface area contributed by atoms with E-state index in [-0.39, 0.29) is 23.9 Å². The quantitative estimate of drug-likeness (QED) is 0.690. The molecule has 98 valence electrons. The van der Waals surface area contributed by atoms with Gasteiger partial charge in [0, 0.05) is 5.92 Å². The molecule has 0 heterocycles. The number of aliphatic hydroxyl groups excluding tert-OH is 1. The third-order valence-corrected chi connectivity index (χ3v) is 5.04. The zero-order valence-corrected chi connectivity index (χ0v) is 11.5. The Kier molecular flexibility index (Phi) is 3.39. The van der Waals surface area contributed by atoms with Gasteiger partial charge in [0.1, 0.15) is 0 Å². The average molecular weight is 238 g/mol. The molecule has 2 nitrogen and oxygen atoms in total. The molecule has 0 saturated heterocycles. The lowest BCUT2D eigenvalue weighted by Crippen LogP contribution is -2.57. The van der Waals surface area contributed by atoms with Crippen LogP contribution in [0.4, 0.5) is 0 Å². The number of rotatable bonds is 1. The Balaban J connectivity index is 2.39. The van der Waals surface area contributed by atoms with Crippen LogP contribution in [0.15, 0.2) is 11.6 Å². The van der Waals surface area contributed by atoms with E-state index in [4.69, 9.17) is 0 Å². The van der Waals surface area contributed by atoms with Crippen molar-refractivity contribution in [1.29, 1.82) is 0 Å². The first-order valence-electron chi connectivity index (χ1n) is 6.94. The minimum Gasteiger partial charge on any atom is -0.393 e. The van der Waals surface area contributed by atoms with Gasteiger partial charge in [-0.25, -0.2) is 0 Å². The molecule has 1 saturated carbocycles. The fourth-order valence-corrected chi connectivity index (χ4v) is 3.94. The summed E-state index contributed by atoms with van der Waals surface area (Å²) < 4.78 is 0. The monoisotopic (exact) mass is 238 g/mol. The molecule has 2 aliphatic carbocycles. The van der Waals surface area contributed by atoms with E-state index in [1.165, 1.54) is 5.57 Å². The van der Waals surface area contributed by atoms with Crippen LogP contribution in [0.5, 0.6) is 0 Å². The summed E-state index contributed by atoms with van der Waals surface area (Å²) in [6, 6.07) is 0. The molecule has 1 fully saturated rings. The molecule has 2 rings (SSSR count). The molecule has 5 atom stereocenters. The molecule has 2 N–H and O–H groups in total. The Labute approximate surface area is 105 Å². The number of hydrogen-bond donors (Lipinski definition) is 2. The summed E-state index contributed by atoms with van der Waals surface area (Å²) in [6.07, 6.45) is 4.56. The van der Waals surface area contributed by atoms with Crippen LogP contribution >= 0.6 is 0 Å². The van der Waals surface area contributed by atoms with Crippen LogP contribution < -0.4 is 0 Å².